The lowest BCUT2D eigenvalue weighted by molar-refractivity contribution is -0.142. The van der Waals surface area contributed by atoms with E-state index in [2.05, 4.69) is 5.32 Å². The van der Waals surface area contributed by atoms with Gasteiger partial charge in [0, 0.05) is 39.1 Å². The molecule has 0 aromatic carbocycles. The lowest BCUT2D eigenvalue weighted by atomic mass is 9.92. The number of rotatable bonds is 3. The summed E-state index contributed by atoms with van der Waals surface area (Å²) >= 11 is 0. The van der Waals surface area contributed by atoms with Crippen molar-refractivity contribution in [1.82, 2.24) is 15.1 Å². The summed E-state index contributed by atoms with van der Waals surface area (Å²) in [6, 6.07) is 0.469. The normalized spacial score (nSPS) is 21.5. The summed E-state index contributed by atoms with van der Waals surface area (Å²) in [6.07, 6.45) is 6.20. The van der Waals surface area contributed by atoms with Crippen LogP contribution in [0.15, 0.2) is 0 Å². The average Bonchev–Trinajstić information content (AvgIpc) is 2.47. The first kappa shape index (κ1) is 16.3. The highest BCUT2D eigenvalue weighted by atomic mass is 16.2. The largest absolute Gasteiger partial charge is 0.339 e. The van der Waals surface area contributed by atoms with Crippen molar-refractivity contribution in [1.29, 1.82) is 0 Å². The van der Waals surface area contributed by atoms with Gasteiger partial charge in [-0.1, -0.05) is 19.3 Å². The fourth-order valence-electron chi connectivity index (χ4n) is 3.44. The molecule has 5 nitrogen and oxygen atoms in total. The number of piperazine rings is 1. The maximum atomic E-state index is 12.7. The summed E-state index contributed by atoms with van der Waals surface area (Å²) in [7, 11) is 0. The molecule has 0 aromatic rings. The van der Waals surface area contributed by atoms with Crippen molar-refractivity contribution in [3.63, 3.8) is 0 Å². The highest BCUT2D eigenvalue weighted by Gasteiger charge is 2.35. The third-order valence-corrected chi connectivity index (χ3v) is 4.72. The summed E-state index contributed by atoms with van der Waals surface area (Å²) in [6.45, 7) is 8.16. The van der Waals surface area contributed by atoms with Crippen LogP contribution in [0.5, 0.6) is 0 Å². The van der Waals surface area contributed by atoms with E-state index in [1.54, 1.807) is 6.92 Å². The third-order valence-electron chi connectivity index (χ3n) is 4.72. The Hall–Kier alpha value is -1.10. The highest BCUT2D eigenvalue weighted by molar-refractivity contribution is 5.86. The molecule has 1 N–H and O–H groups in total. The van der Waals surface area contributed by atoms with Crippen LogP contribution in [-0.4, -0.2) is 59.4 Å². The van der Waals surface area contributed by atoms with E-state index in [1.807, 2.05) is 23.6 Å². The minimum absolute atomic E-state index is 0.0988. The fourth-order valence-corrected chi connectivity index (χ4v) is 3.44. The Bertz CT molecular complexity index is 381. The van der Waals surface area contributed by atoms with E-state index in [1.165, 1.54) is 32.1 Å². The van der Waals surface area contributed by atoms with Crippen LogP contribution in [0.25, 0.3) is 0 Å². The molecule has 21 heavy (non-hydrogen) atoms. The molecule has 0 unspecified atom stereocenters. The third kappa shape index (κ3) is 4.19. The van der Waals surface area contributed by atoms with Gasteiger partial charge in [-0.05, 0) is 26.7 Å². The van der Waals surface area contributed by atoms with Crippen LogP contribution in [0.4, 0.5) is 0 Å². The molecule has 0 bridgehead atoms. The van der Waals surface area contributed by atoms with Gasteiger partial charge in [-0.2, -0.15) is 0 Å². The lowest BCUT2D eigenvalue weighted by Gasteiger charge is -2.40. The van der Waals surface area contributed by atoms with Gasteiger partial charge in [0.1, 0.15) is 0 Å². The summed E-state index contributed by atoms with van der Waals surface area (Å²) < 4.78 is 0. The molecule has 2 amide bonds. The van der Waals surface area contributed by atoms with E-state index in [4.69, 9.17) is 0 Å². The molecule has 1 aliphatic carbocycles. The van der Waals surface area contributed by atoms with Gasteiger partial charge in [0.25, 0.3) is 0 Å². The Morgan fingerprint density at radius 1 is 0.952 bits per heavy atom. The van der Waals surface area contributed by atoms with Gasteiger partial charge in [-0.25, -0.2) is 0 Å². The number of carbonyl (C=O) groups excluding carboxylic acids is 2. The van der Waals surface area contributed by atoms with Crippen molar-refractivity contribution in [2.75, 3.05) is 26.2 Å². The molecule has 1 aliphatic heterocycles. The van der Waals surface area contributed by atoms with Crippen molar-refractivity contribution in [2.45, 2.75) is 64.5 Å². The van der Waals surface area contributed by atoms with Crippen LogP contribution >= 0.6 is 0 Å². The van der Waals surface area contributed by atoms with Gasteiger partial charge in [0.15, 0.2) is 0 Å². The number of nitrogens with zero attached hydrogens (tertiary/aromatic N) is 2. The topological polar surface area (TPSA) is 52.7 Å². The zero-order chi connectivity index (χ0) is 15.5. The van der Waals surface area contributed by atoms with E-state index >= 15 is 0 Å². The smallest absolute Gasteiger partial charge is 0.242 e. The van der Waals surface area contributed by atoms with E-state index < -0.39 is 5.54 Å². The van der Waals surface area contributed by atoms with Crippen molar-refractivity contribution in [3.05, 3.63) is 0 Å². The molecule has 2 fully saturated rings. The molecule has 5 heteroatoms. The second-order valence-corrected chi connectivity index (χ2v) is 6.90. The summed E-state index contributed by atoms with van der Waals surface area (Å²) in [5.74, 6) is 0.262. The standard InChI is InChI=1S/C16H29N3O2/c1-13(20)18-9-11-19(12-10-18)15(21)16(2,3)17-14-7-5-4-6-8-14/h14,17H,4-12H2,1-3H3. The summed E-state index contributed by atoms with van der Waals surface area (Å²) in [5, 5.41) is 3.55. The maximum absolute atomic E-state index is 12.7. The molecule has 2 aliphatic rings. The number of hydrogen-bond acceptors (Lipinski definition) is 3. The van der Waals surface area contributed by atoms with Crippen molar-refractivity contribution in [2.24, 2.45) is 0 Å². The van der Waals surface area contributed by atoms with Crippen LogP contribution in [0.1, 0.15) is 52.9 Å². The first-order valence-corrected chi connectivity index (χ1v) is 8.23. The minimum Gasteiger partial charge on any atom is -0.339 e. The van der Waals surface area contributed by atoms with Gasteiger partial charge in [-0.3, -0.25) is 9.59 Å². The number of carbonyl (C=O) groups is 2. The van der Waals surface area contributed by atoms with Crippen molar-refractivity contribution in [3.8, 4) is 0 Å². The van der Waals surface area contributed by atoms with Gasteiger partial charge in [0.2, 0.25) is 11.8 Å². The first-order valence-electron chi connectivity index (χ1n) is 8.23. The zero-order valence-corrected chi connectivity index (χ0v) is 13.7. The molecular weight excluding hydrogens is 266 g/mol. The van der Waals surface area contributed by atoms with Crippen LogP contribution < -0.4 is 5.32 Å². The Morgan fingerprint density at radius 3 is 2.00 bits per heavy atom. The molecule has 0 atom stereocenters. The van der Waals surface area contributed by atoms with Gasteiger partial charge < -0.3 is 15.1 Å². The fraction of sp³-hybridized carbons (Fsp3) is 0.875. The van der Waals surface area contributed by atoms with E-state index in [0.29, 0.717) is 32.2 Å². The molecule has 0 radical (unpaired) electrons. The van der Waals surface area contributed by atoms with Crippen LogP contribution in [0.3, 0.4) is 0 Å². The summed E-state index contributed by atoms with van der Waals surface area (Å²) in [4.78, 5) is 27.8. The quantitative estimate of drug-likeness (QED) is 0.856. The summed E-state index contributed by atoms with van der Waals surface area (Å²) in [5.41, 5.74) is -0.513. The molecular formula is C16H29N3O2. The van der Waals surface area contributed by atoms with Gasteiger partial charge in [-0.15, -0.1) is 0 Å². The van der Waals surface area contributed by atoms with Crippen LogP contribution in [0.2, 0.25) is 0 Å². The zero-order valence-electron chi connectivity index (χ0n) is 13.7. The van der Waals surface area contributed by atoms with E-state index in [-0.39, 0.29) is 11.8 Å². The Balaban J connectivity index is 1.87. The SMILES string of the molecule is CC(=O)N1CCN(C(=O)C(C)(C)NC2CCCCC2)CC1. The molecule has 0 aromatic heterocycles. The Kier molecular flexibility index (Phi) is 5.25. The average molecular weight is 295 g/mol. The highest BCUT2D eigenvalue weighted by Crippen LogP contribution is 2.21. The van der Waals surface area contributed by atoms with E-state index in [9.17, 15) is 9.59 Å². The van der Waals surface area contributed by atoms with E-state index in [0.717, 1.165) is 0 Å². The molecule has 120 valence electrons. The predicted molar refractivity (Wildman–Crippen MR) is 82.9 cm³/mol. The monoisotopic (exact) mass is 295 g/mol. The molecule has 1 saturated carbocycles. The van der Waals surface area contributed by atoms with Crippen molar-refractivity contribution >= 4 is 11.8 Å². The van der Waals surface area contributed by atoms with Crippen LogP contribution in [-0.2, 0) is 9.59 Å². The maximum Gasteiger partial charge on any atom is 0.242 e. The molecule has 2 rings (SSSR count). The minimum atomic E-state index is -0.513. The molecule has 1 heterocycles. The lowest BCUT2D eigenvalue weighted by Crippen LogP contribution is -2.60. The predicted octanol–water partition coefficient (Wildman–Crippen LogP) is 1.38. The Morgan fingerprint density at radius 2 is 1.48 bits per heavy atom. The van der Waals surface area contributed by atoms with Gasteiger partial charge >= 0.3 is 0 Å². The Labute approximate surface area is 128 Å². The molecule has 0 spiro atoms. The number of amides is 2. The second kappa shape index (κ2) is 6.77. The first-order chi connectivity index (χ1) is 9.90. The van der Waals surface area contributed by atoms with Crippen LogP contribution in [0, 0.1) is 0 Å². The van der Waals surface area contributed by atoms with Crippen molar-refractivity contribution < 1.29 is 9.59 Å². The van der Waals surface area contributed by atoms with Gasteiger partial charge in [0.05, 0.1) is 5.54 Å². The number of nitrogens with one attached hydrogen (secondary N) is 1. The number of hydrogen-bond donors (Lipinski definition) is 1. The molecule has 1 saturated heterocycles. The second-order valence-electron chi connectivity index (χ2n) is 6.90.